The molecule has 0 bridgehead atoms. The molecule has 5 nitrogen and oxygen atoms in total. The van der Waals surface area contributed by atoms with Crippen molar-refractivity contribution in [2.75, 3.05) is 5.32 Å². The second kappa shape index (κ2) is 8.01. The maximum atomic E-state index is 13.2. The molecular formula is C22H18ClFN4O. The maximum Gasteiger partial charge on any atom is 0.252 e. The molecule has 0 spiro atoms. The van der Waals surface area contributed by atoms with E-state index >= 15 is 0 Å². The molecule has 4 aromatic rings. The van der Waals surface area contributed by atoms with Gasteiger partial charge < -0.3 is 5.32 Å². The van der Waals surface area contributed by atoms with Gasteiger partial charge in [-0.25, -0.2) is 9.37 Å². The van der Waals surface area contributed by atoms with Gasteiger partial charge in [0, 0.05) is 22.7 Å². The van der Waals surface area contributed by atoms with E-state index in [1.54, 1.807) is 29.0 Å². The highest BCUT2D eigenvalue weighted by molar-refractivity contribution is 6.30. The highest BCUT2D eigenvalue weighted by Crippen LogP contribution is 2.20. The summed E-state index contributed by atoms with van der Waals surface area (Å²) in [6.45, 7) is 2.28. The van der Waals surface area contributed by atoms with E-state index < -0.39 is 0 Å². The van der Waals surface area contributed by atoms with Crippen LogP contribution in [0.1, 0.15) is 24.1 Å². The fraction of sp³-hybridized carbons (Fsp3) is 0.136. The number of fused-ring (bicyclic) bond motifs is 1. The molecule has 2 heterocycles. The van der Waals surface area contributed by atoms with Crippen LogP contribution in [0.4, 0.5) is 10.3 Å². The first-order chi connectivity index (χ1) is 14.0. The van der Waals surface area contributed by atoms with Crippen LogP contribution in [0.25, 0.3) is 11.0 Å². The number of hydrogen-bond donors (Lipinski definition) is 1. The van der Waals surface area contributed by atoms with Crippen LogP contribution >= 0.6 is 11.6 Å². The van der Waals surface area contributed by atoms with E-state index in [4.69, 9.17) is 11.6 Å². The normalized spacial score (nSPS) is 12.1. The molecule has 1 atom stereocenters. The van der Waals surface area contributed by atoms with Crippen LogP contribution in [-0.2, 0) is 6.54 Å². The Labute approximate surface area is 171 Å². The van der Waals surface area contributed by atoms with Crippen molar-refractivity contribution in [1.29, 1.82) is 0 Å². The van der Waals surface area contributed by atoms with Crippen molar-refractivity contribution in [3.63, 3.8) is 0 Å². The smallest absolute Gasteiger partial charge is 0.252 e. The summed E-state index contributed by atoms with van der Waals surface area (Å²) in [6.07, 6.45) is 1.68. The first kappa shape index (κ1) is 19.1. The van der Waals surface area contributed by atoms with Crippen molar-refractivity contribution >= 4 is 28.6 Å². The molecule has 0 fully saturated rings. The monoisotopic (exact) mass is 408 g/mol. The van der Waals surface area contributed by atoms with E-state index in [0.717, 1.165) is 16.5 Å². The number of halogens is 2. The highest BCUT2D eigenvalue weighted by Gasteiger charge is 2.11. The minimum absolute atomic E-state index is 0.0503. The zero-order chi connectivity index (χ0) is 20.4. The van der Waals surface area contributed by atoms with E-state index in [2.05, 4.69) is 15.3 Å². The number of anilines is 1. The van der Waals surface area contributed by atoms with Crippen LogP contribution < -0.4 is 10.9 Å². The molecular weight excluding hydrogens is 391 g/mol. The Bertz CT molecular complexity index is 1210. The number of nitrogens with one attached hydrogen (secondary N) is 1. The summed E-state index contributed by atoms with van der Waals surface area (Å²) in [7, 11) is 0. The van der Waals surface area contributed by atoms with Crippen LogP contribution in [0, 0.1) is 5.82 Å². The lowest BCUT2D eigenvalue weighted by Gasteiger charge is -2.15. The fourth-order valence-corrected chi connectivity index (χ4v) is 3.22. The minimum atomic E-state index is -0.316. The quantitative estimate of drug-likeness (QED) is 0.515. The predicted octanol–water partition coefficient (Wildman–Crippen LogP) is 4.81. The molecule has 29 heavy (non-hydrogen) atoms. The van der Waals surface area contributed by atoms with Gasteiger partial charge in [-0.2, -0.15) is 4.98 Å². The van der Waals surface area contributed by atoms with Crippen LogP contribution in [0.5, 0.6) is 0 Å². The average Bonchev–Trinajstić information content (AvgIpc) is 2.72. The Morgan fingerprint density at radius 2 is 1.79 bits per heavy atom. The highest BCUT2D eigenvalue weighted by atomic mass is 35.5. The van der Waals surface area contributed by atoms with Gasteiger partial charge >= 0.3 is 0 Å². The Morgan fingerprint density at radius 1 is 1.07 bits per heavy atom. The van der Waals surface area contributed by atoms with Gasteiger partial charge in [0.05, 0.1) is 12.6 Å². The summed E-state index contributed by atoms with van der Waals surface area (Å²) in [6, 6.07) is 16.7. The summed E-state index contributed by atoms with van der Waals surface area (Å²) in [5.41, 5.74) is 2.18. The van der Waals surface area contributed by atoms with Crippen LogP contribution in [0.2, 0.25) is 5.02 Å². The van der Waals surface area contributed by atoms with Gasteiger partial charge in [-0.15, -0.1) is 0 Å². The summed E-state index contributed by atoms with van der Waals surface area (Å²) < 4.78 is 14.7. The number of rotatable bonds is 5. The van der Waals surface area contributed by atoms with Gasteiger partial charge in [0.25, 0.3) is 5.56 Å². The second-order valence-corrected chi connectivity index (χ2v) is 7.21. The summed E-state index contributed by atoms with van der Waals surface area (Å²) in [5.74, 6) is 0.0995. The van der Waals surface area contributed by atoms with Crippen molar-refractivity contribution in [3.8, 4) is 0 Å². The molecule has 1 N–H and O–H groups in total. The van der Waals surface area contributed by atoms with Gasteiger partial charge in [-0.3, -0.25) is 9.36 Å². The fourth-order valence-electron chi connectivity index (χ4n) is 3.09. The first-order valence-corrected chi connectivity index (χ1v) is 9.50. The van der Waals surface area contributed by atoms with Crippen LogP contribution in [-0.4, -0.2) is 14.5 Å². The third-order valence-electron chi connectivity index (χ3n) is 4.69. The van der Waals surface area contributed by atoms with E-state index in [0.29, 0.717) is 23.2 Å². The maximum absolute atomic E-state index is 13.2. The third-order valence-corrected chi connectivity index (χ3v) is 4.94. The van der Waals surface area contributed by atoms with Crippen molar-refractivity contribution < 1.29 is 4.39 Å². The third kappa shape index (κ3) is 4.27. The standard InChI is InChI=1S/C22H18ClFN4O/c1-14(16-4-7-18(23)8-5-16)26-22-25-12-17-6-11-20(29)28(21(17)27-22)13-15-2-9-19(24)10-3-15/h2-12,14H,13H2,1H3,(H,25,26,27). The average molecular weight is 409 g/mol. The lowest BCUT2D eigenvalue weighted by Crippen LogP contribution is -2.21. The largest absolute Gasteiger partial charge is 0.348 e. The SMILES string of the molecule is CC(Nc1ncc2ccc(=O)n(Cc3ccc(F)cc3)c2n1)c1ccc(Cl)cc1. The minimum Gasteiger partial charge on any atom is -0.348 e. The van der Waals surface area contributed by atoms with Gasteiger partial charge in [0.2, 0.25) is 5.95 Å². The Hall–Kier alpha value is -3.25. The molecule has 2 aromatic heterocycles. The van der Waals surface area contributed by atoms with Gasteiger partial charge in [0.1, 0.15) is 11.5 Å². The number of nitrogens with zero attached hydrogens (tertiary/aromatic N) is 3. The van der Waals surface area contributed by atoms with Crippen LogP contribution in [0.3, 0.4) is 0 Å². The lowest BCUT2D eigenvalue weighted by atomic mass is 10.1. The zero-order valence-electron chi connectivity index (χ0n) is 15.6. The van der Waals surface area contributed by atoms with E-state index in [1.807, 2.05) is 31.2 Å². The predicted molar refractivity (Wildman–Crippen MR) is 113 cm³/mol. The van der Waals surface area contributed by atoms with Gasteiger partial charge in [-0.1, -0.05) is 35.9 Å². The van der Waals surface area contributed by atoms with E-state index in [-0.39, 0.29) is 17.4 Å². The molecule has 7 heteroatoms. The topological polar surface area (TPSA) is 59.8 Å². The molecule has 0 aliphatic heterocycles. The molecule has 0 aliphatic rings. The summed E-state index contributed by atoms with van der Waals surface area (Å²) in [5, 5.41) is 4.68. The molecule has 0 amide bonds. The van der Waals surface area contributed by atoms with Gasteiger partial charge in [-0.05, 0) is 48.4 Å². The second-order valence-electron chi connectivity index (χ2n) is 6.77. The summed E-state index contributed by atoms with van der Waals surface area (Å²) >= 11 is 5.95. The van der Waals surface area contributed by atoms with E-state index in [9.17, 15) is 9.18 Å². The molecule has 2 aromatic carbocycles. The molecule has 4 rings (SSSR count). The first-order valence-electron chi connectivity index (χ1n) is 9.12. The molecule has 0 saturated heterocycles. The number of aromatic nitrogens is 3. The molecule has 0 saturated carbocycles. The van der Waals surface area contributed by atoms with Crippen molar-refractivity contribution in [2.45, 2.75) is 19.5 Å². The molecule has 146 valence electrons. The Balaban J connectivity index is 1.67. The zero-order valence-corrected chi connectivity index (χ0v) is 16.4. The van der Waals surface area contributed by atoms with Gasteiger partial charge in [0.15, 0.2) is 0 Å². The Morgan fingerprint density at radius 3 is 2.52 bits per heavy atom. The van der Waals surface area contributed by atoms with Crippen molar-refractivity contribution in [3.05, 3.63) is 99.2 Å². The number of benzene rings is 2. The molecule has 1 unspecified atom stereocenters. The molecule has 0 radical (unpaired) electrons. The van der Waals surface area contributed by atoms with Crippen molar-refractivity contribution in [1.82, 2.24) is 14.5 Å². The Kier molecular flexibility index (Phi) is 5.27. The molecule has 0 aliphatic carbocycles. The lowest BCUT2D eigenvalue weighted by molar-refractivity contribution is 0.626. The van der Waals surface area contributed by atoms with E-state index in [1.165, 1.54) is 18.2 Å². The number of hydrogen-bond acceptors (Lipinski definition) is 4. The van der Waals surface area contributed by atoms with Crippen LogP contribution in [0.15, 0.2) is 71.7 Å². The van der Waals surface area contributed by atoms with Crippen molar-refractivity contribution in [2.24, 2.45) is 0 Å². The summed E-state index contributed by atoms with van der Waals surface area (Å²) in [4.78, 5) is 21.4. The number of pyridine rings is 1.